The fourth-order valence-electron chi connectivity index (χ4n) is 4.79. The largest absolute Gasteiger partial charge is 0.462 e. The number of amides is 1. The van der Waals surface area contributed by atoms with Gasteiger partial charge in [0.05, 0.1) is 17.9 Å². The summed E-state index contributed by atoms with van der Waals surface area (Å²) < 4.78 is 273. The topological polar surface area (TPSA) is 137 Å². The fraction of sp³-hybridized carbons (Fsp3) is 0.406. The van der Waals surface area contributed by atoms with Crippen LogP contribution in [0.15, 0.2) is 48.5 Å². The number of carbonyl (C=O) groups excluding carboxylic acids is 3. The number of aryl methyl sites for hydroxylation is 1. The normalized spacial score (nSPS) is 13.9. The summed E-state index contributed by atoms with van der Waals surface area (Å²) in [6, 6.07) is 10.2. The molecule has 11 nitrogen and oxygen atoms in total. The zero-order valence-electron chi connectivity index (χ0n) is 30.0. The first-order valence-electron chi connectivity index (χ1n) is 16.1. The van der Waals surface area contributed by atoms with Crippen LogP contribution >= 0.6 is 0 Å². The highest BCUT2D eigenvalue weighted by Crippen LogP contribution is 2.65. The van der Waals surface area contributed by atoms with Crippen LogP contribution in [-0.2, 0) is 19.1 Å². The highest BCUT2D eigenvalue weighted by Gasteiger charge is 2.97. The lowest BCUT2D eigenvalue weighted by Crippen LogP contribution is -2.76. The molecular formula is C32H20F19N5O6. The zero-order valence-corrected chi connectivity index (χ0v) is 30.0. The van der Waals surface area contributed by atoms with E-state index < -0.39 is 83.7 Å². The molecule has 30 heteroatoms. The van der Waals surface area contributed by atoms with Crippen molar-refractivity contribution in [2.45, 2.75) is 67.4 Å². The van der Waals surface area contributed by atoms with Crippen molar-refractivity contribution >= 4 is 29.2 Å². The molecule has 0 fully saturated rings. The number of anilines is 1. The maximum Gasteiger partial charge on any atom is 0.460 e. The number of ether oxygens (including phenoxy) is 3. The molecule has 1 amide bonds. The lowest BCUT2D eigenvalue weighted by Gasteiger charge is -2.43. The second-order valence-corrected chi connectivity index (χ2v) is 12.4. The Morgan fingerprint density at radius 1 is 0.694 bits per heavy atom. The van der Waals surface area contributed by atoms with E-state index in [1.807, 2.05) is 0 Å². The van der Waals surface area contributed by atoms with Gasteiger partial charge >= 0.3 is 65.5 Å². The number of fused-ring (bicyclic) bond motifs is 1. The summed E-state index contributed by atoms with van der Waals surface area (Å²) in [6.45, 7) is 1.04. The number of aromatic amines is 1. The van der Waals surface area contributed by atoms with Crippen LogP contribution in [0.4, 0.5) is 89.1 Å². The lowest BCUT2D eigenvalue weighted by atomic mass is 9.87. The van der Waals surface area contributed by atoms with Crippen LogP contribution in [0.1, 0.15) is 23.0 Å². The van der Waals surface area contributed by atoms with Gasteiger partial charge in [-0.3, -0.25) is 9.89 Å². The van der Waals surface area contributed by atoms with Gasteiger partial charge in [-0.25, -0.2) is 14.6 Å². The predicted octanol–water partition coefficient (Wildman–Crippen LogP) is 9.13. The number of esters is 2. The van der Waals surface area contributed by atoms with Gasteiger partial charge in [0, 0.05) is 11.3 Å². The Balaban J connectivity index is 1.48. The van der Waals surface area contributed by atoms with Gasteiger partial charge in [0.1, 0.15) is 5.75 Å². The van der Waals surface area contributed by atoms with E-state index in [1.165, 1.54) is 30.3 Å². The van der Waals surface area contributed by atoms with Crippen molar-refractivity contribution in [3.63, 3.8) is 0 Å². The van der Waals surface area contributed by atoms with Crippen LogP contribution in [0.25, 0.3) is 17.0 Å². The number of halogens is 19. The summed E-state index contributed by atoms with van der Waals surface area (Å²) in [5.41, 5.74) is 0.270. The molecule has 0 radical (unpaired) electrons. The quantitative estimate of drug-likeness (QED) is 0.0839. The molecule has 342 valence electrons. The molecule has 2 aromatic heterocycles. The predicted molar refractivity (Wildman–Crippen MR) is 165 cm³/mol. The molecule has 2 heterocycles. The molecule has 2 aromatic carbocycles. The van der Waals surface area contributed by atoms with Crippen LogP contribution in [0.5, 0.6) is 11.5 Å². The lowest BCUT2D eigenvalue weighted by molar-refractivity contribution is -0.467. The molecular weight excluding hydrogens is 911 g/mol. The molecule has 62 heavy (non-hydrogen) atoms. The van der Waals surface area contributed by atoms with E-state index in [9.17, 15) is 97.8 Å². The summed E-state index contributed by atoms with van der Waals surface area (Å²) in [5, 5.41) is 8.72. The number of carbonyl (C=O) groups is 3. The minimum atomic E-state index is -9.17. The van der Waals surface area contributed by atoms with Crippen LogP contribution in [0, 0.1) is 6.92 Å². The fourth-order valence-corrected chi connectivity index (χ4v) is 4.79. The highest BCUT2D eigenvalue weighted by molar-refractivity contribution is 5.94. The Bertz CT molecular complexity index is 2320. The third-order valence-electron chi connectivity index (χ3n) is 8.12. The number of hydrogen-bond donors (Lipinski definition) is 2. The number of H-pyrrole nitrogens is 1. The molecule has 0 bridgehead atoms. The van der Waals surface area contributed by atoms with E-state index in [4.69, 9.17) is 9.47 Å². The number of aromatic nitrogens is 4. The number of rotatable bonds is 16. The Morgan fingerprint density at radius 2 is 1.21 bits per heavy atom. The van der Waals surface area contributed by atoms with Crippen molar-refractivity contribution in [3.8, 4) is 22.9 Å². The van der Waals surface area contributed by atoms with E-state index in [1.54, 1.807) is 19.2 Å². The summed E-state index contributed by atoms with van der Waals surface area (Å²) in [7, 11) is 0. The maximum atomic E-state index is 14.2. The minimum Gasteiger partial charge on any atom is -0.462 e. The van der Waals surface area contributed by atoms with Crippen molar-refractivity contribution < 1.29 is 112 Å². The Labute approximate surface area is 330 Å². The molecule has 0 saturated heterocycles. The van der Waals surface area contributed by atoms with Crippen molar-refractivity contribution in [2.24, 2.45) is 0 Å². The second kappa shape index (κ2) is 15.7. The molecule has 2 N–H and O–H groups in total. The molecule has 0 aliphatic heterocycles. The molecule has 4 rings (SSSR count). The maximum absolute atomic E-state index is 14.2. The van der Waals surface area contributed by atoms with Crippen LogP contribution < -0.4 is 10.1 Å². The van der Waals surface area contributed by atoms with E-state index in [0.717, 1.165) is 22.8 Å². The molecule has 0 aliphatic rings. The van der Waals surface area contributed by atoms with Gasteiger partial charge in [-0.15, -0.1) is 9.73 Å². The van der Waals surface area contributed by atoms with Gasteiger partial charge in [0.25, 0.3) is 5.91 Å². The first-order valence-corrected chi connectivity index (χ1v) is 16.1. The highest BCUT2D eigenvalue weighted by atomic mass is 19.4. The second-order valence-electron chi connectivity index (χ2n) is 12.4. The van der Waals surface area contributed by atoms with Gasteiger partial charge < -0.3 is 19.5 Å². The third-order valence-corrected chi connectivity index (χ3v) is 8.12. The van der Waals surface area contributed by atoms with Crippen LogP contribution in [0.3, 0.4) is 0 Å². The zero-order chi connectivity index (χ0) is 47.4. The molecule has 0 aliphatic carbocycles. The molecule has 4 aromatic rings. The smallest absolute Gasteiger partial charge is 0.460 e. The average Bonchev–Trinajstić information content (AvgIpc) is 3.70. The summed E-state index contributed by atoms with van der Waals surface area (Å²) in [4.78, 5) is 40.1. The van der Waals surface area contributed by atoms with E-state index in [-0.39, 0.29) is 40.7 Å². The van der Waals surface area contributed by atoms with Gasteiger partial charge in [-0.1, -0.05) is 12.1 Å². The molecule has 0 unspecified atom stereocenters. The number of benzene rings is 2. The van der Waals surface area contributed by atoms with Gasteiger partial charge in [-0.2, -0.15) is 83.4 Å². The average molecular weight is 932 g/mol. The van der Waals surface area contributed by atoms with Gasteiger partial charge in [0.15, 0.2) is 18.2 Å². The van der Waals surface area contributed by atoms with Crippen LogP contribution in [-0.4, -0.2) is 104 Å². The molecule has 0 saturated carbocycles. The Kier molecular flexibility index (Phi) is 12.3. The minimum absolute atomic E-state index is 0.0240. The van der Waals surface area contributed by atoms with E-state index >= 15 is 0 Å². The van der Waals surface area contributed by atoms with Crippen molar-refractivity contribution in [1.29, 1.82) is 0 Å². The first-order chi connectivity index (χ1) is 28.0. The number of nitrogens with one attached hydrogen (secondary N) is 2. The molecule has 0 atom stereocenters. The SMILES string of the molecule is CCOC(=O)c1ccc(Oc2c(C)[nH]n3nc(-c4cccc(NC(=O)COC(=O)C(F)(F)C(F)(F)C(F)(F)C(F)(F)C(F)(F)C(F)(F)C(F)(F)C(F)(F)C(F)(F)F)c4)nc23)cc1. The number of hydrogen-bond acceptors (Lipinski definition) is 8. The van der Waals surface area contributed by atoms with Crippen molar-refractivity contribution in [1.82, 2.24) is 19.8 Å². The van der Waals surface area contributed by atoms with Crippen LogP contribution in [0.2, 0.25) is 0 Å². The van der Waals surface area contributed by atoms with Crippen molar-refractivity contribution in [3.05, 3.63) is 59.8 Å². The monoisotopic (exact) mass is 931 g/mol. The summed E-state index contributed by atoms with van der Waals surface area (Å²) >= 11 is 0. The standard InChI is InChI=1S/C32H20F19N5O6/c1-3-60-22(58)14-7-9-17(10-8-14)62-19-13(2)54-56-21(19)53-20(55-56)15-5-4-6-16(11-15)52-18(57)12-61-23(59)24(33,34)25(35,36)26(37,38)27(39,40)28(41,42)29(43,44)30(45,46)31(47,48)32(49,50)51/h4-11,54H,3,12H2,1-2H3,(H,52,57). The number of alkyl halides is 19. The van der Waals surface area contributed by atoms with Gasteiger partial charge in [-0.05, 0) is 50.2 Å². The van der Waals surface area contributed by atoms with Gasteiger partial charge in [0.2, 0.25) is 5.65 Å². The van der Waals surface area contributed by atoms with E-state index in [2.05, 4.69) is 19.9 Å². The Morgan fingerprint density at radius 3 is 1.73 bits per heavy atom. The van der Waals surface area contributed by atoms with Crippen molar-refractivity contribution in [2.75, 3.05) is 18.5 Å². The summed E-state index contributed by atoms with van der Waals surface area (Å²) in [5.74, 6) is -76.1. The molecule has 0 spiro atoms. The summed E-state index contributed by atoms with van der Waals surface area (Å²) in [6.07, 6.45) is -8.03. The Hall–Kier alpha value is -6.00. The third kappa shape index (κ3) is 7.74. The first kappa shape index (κ1) is 48.7. The van der Waals surface area contributed by atoms with E-state index in [0.29, 0.717) is 5.69 Å². The number of nitrogens with zero attached hydrogens (tertiary/aromatic N) is 3.